The summed E-state index contributed by atoms with van der Waals surface area (Å²) in [5, 5.41) is 14.6. The lowest BCUT2D eigenvalue weighted by molar-refractivity contribution is -0.142. The summed E-state index contributed by atoms with van der Waals surface area (Å²) in [5.74, 6) is -1.23. The van der Waals surface area contributed by atoms with E-state index in [1.165, 1.54) is 0 Å². The molecular weight excluding hydrogens is 372 g/mol. The normalized spacial score (nSPS) is 12.1. The molecule has 1 unspecified atom stereocenters. The lowest BCUT2D eigenvalue weighted by Gasteiger charge is -2.16. The molecule has 0 spiro atoms. The molecule has 0 fully saturated rings. The highest BCUT2D eigenvalue weighted by atomic mass is 16.4. The first-order valence-electron chi connectivity index (χ1n) is 10.0. The molecule has 0 saturated carbocycles. The van der Waals surface area contributed by atoms with Crippen LogP contribution in [-0.4, -0.2) is 44.9 Å². The van der Waals surface area contributed by atoms with Gasteiger partial charge in [-0.25, -0.2) is 9.78 Å². The Hall–Kier alpha value is -2.90. The third kappa shape index (κ3) is 6.58. The molecule has 8 nitrogen and oxygen atoms in total. The van der Waals surface area contributed by atoms with Crippen molar-refractivity contribution in [2.45, 2.75) is 58.9 Å². The molecule has 0 radical (unpaired) electrons. The second-order valence-electron chi connectivity index (χ2n) is 7.63. The Morgan fingerprint density at radius 1 is 1.17 bits per heavy atom. The van der Waals surface area contributed by atoms with Crippen LogP contribution in [0.25, 0.3) is 5.65 Å². The summed E-state index contributed by atoms with van der Waals surface area (Å²) >= 11 is 0. The number of carbonyl (C=O) groups excluding carboxylic acids is 2. The van der Waals surface area contributed by atoms with Crippen LogP contribution in [0, 0.1) is 12.8 Å². The molecule has 2 rings (SSSR count). The molecule has 2 aromatic heterocycles. The summed E-state index contributed by atoms with van der Waals surface area (Å²) in [4.78, 5) is 40.0. The number of amides is 2. The maximum absolute atomic E-state index is 12.5. The van der Waals surface area contributed by atoms with Crippen LogP contribution in [0.4, 0.5) is 0 Å². The predicted molar refractivity (Wildman–Crippen MR) is 110 cm³/mol. The van der Waals surface area contributed by atoms with Crippen LogP contribution in [0.1, 0.15) is 62.1 Å². The number of carbonyl (C=O) groups is 3. The highest BCUT2D eigenvalue weighted by Gasteiger charge is 2.20. The van der Waals surface area contributed by atoms with E-state index < -0.39 is 12.0 Å². The number of nitrogens with zero attached hydrogens (tertiary/aromatic N) is 2. The van der Waals surface area contributed by atoms with E-state index in [0.29, 0.717) is 30.8 Å². The number of aliphatic carboxylic acids is 1. The van der Waals surface area contributed by atoms with Crippen molar-refractivity contribution in [1.82, 2.24) is 20.0 Å². The SMILES string of the molecule is Cc1nc2ccccn2c1C(=O)NCCCCCC(=O)NC(CC(C)C)C(=O)O. The fourth-order valence-electron chi connectivity index (χ4n) is 3.22. The zero-order chi connectivity index (χ0) is 21.4. The Kier molecular flexibility index (Phi) is 8.18. The molecule has 29 heavy (non-hydrogen) atoms. The molecule has 3 N–H and O–H groups in total. The summed E-state index contributed by atoms with van der Waals surface area (Å²) in [6, 6.07) is 4.74. The number of pyridine rings is 1. The molecule has 8 heteroatoms. The molecular formula is C21H30N4O4. The van der Waals surface area contributed by atoms with Gasteiger partial charge in [-0.1, -0.05) is 26.3 Å². The molecule has 2 aromatic rings. The van der Waals surface area contributed by atoms with E-state index in [1.54, 1.807) is 4.40 Å². The van der Waals surface area contributed by atoms with E-state index in [-0.39, 0.29) is 24.2 Å². The molecule has 1 atom stereocenters. The third-order valence-corrected chi connectivity index (χ3v) is 4.63. The average Bonchev–Trinajstić information content (AvgIpc) is 2.99. The summed E-state index contributed by atoms with van der Waals surface area (Å²) in [6.45, 7) is 6.16. The number of unbranched alkanes of at least 4 members (excludes halogenated alkanes) is 2. The topological polar surface area (TPSA) is 113 Å². The number of fused-ring (bicyclic) bond motifs is 1. The Bertz CT molecular complexity index is 859. The van der Waals surface area contributed by atoms with Crippen LogP contribution in [0.15, 0.2) is 24.4 Å². The van der Waals surface area contributed by atoms with Gasteiger partial charge in [0.15, 0.2) is 0 Å². The van der Waals surface area contributed by atoms with Crippen molar-refractivity contribution in [3.05, 3.63) is 35.8 Å². The van der Waals surface area contributed by atoms with E-state index >= 15 is 0 Å². The summed E-state index contributed by atoms with van der Waals surface area (Å²) < 4.78 is 1.77. The molecule has 158 valence electrons. The van der Waals surface area contributed by atoms with Gasteiger partial charge in [-0.15, -0.1) is 0 Å². The van der Waals surface area contributed by atoms with E-state index in [9.17, 15) is 14.4 Å². The standard InChI is InChI=1S/C21H30N4O4/c1-14(2)13-16(21(28)29)24-18(26)10-5-4-7-11-22-20(27)19-15(3)23-17-9-6-8-12-25(17)19/h6,8-9,12,14,16H,4-5,7,10-11,13H2,1-3H3,(H,22,27)(H,24,26)(H,28,29). The molecule has 0 aliphatic rings. The van der Waals surface area contributed by atoms with Crippen LogP contribution in [0.5, 0.6) is 0 Å². The van der Waals surface area contributed by atoms with Crippen molar-refractivity contribution in [1.29, 1.82) is 0 Å². The minimum Gasteiger partial charge on any atom is -0.480 e. The quantitative estimate of drug-likeness (QED) is 0.500. The predicted octanol–water partition coefficient (Wildman–Crippen LogP) is 2.55. The number of carboxylic acid groups (broad SMARTS) is 1. The van der Waals surface area contributed by atoms with Crippen LogP contribution in [-0.2, 0) is 9.59 Å². The number of hydrogen-bond acceptors (Lipinski definition) is 4. The van der Waals surface area contributed by atoms with Crippen LogP contribution in [0.3, 0.4) is 0 Å². The first kappa shape index (κ1) is 22.4. The Morgan fingerprint density at radius 2 is 1.93 bits per heavy atom. The zero-order valence-electron chi connectivity index (χ0n) is 17.3. The highest BCUT2D eigenvalue weighted by molar-refractivity contribution is 5.94. The Morgan fingerprint density at radius 3 is 2.62 bits per heavy atom. The molecule has 2 heterocycles. The van der Waals surface area contributed by atoms with Crippen molar-refractivity contribution in [3.63, 3.8) is 0 Å². The lowest BCUT2D eigenvalue weighted by Crippen LogP contribution is -2.41. The molecule has 0 saturated heterocycles. The molecule has 0 aromatic carbocycles. The number of carboxylic acids is 1. The van der Waals surface area contributed by atoms with Gasteiger partial charge in [0, 0.05) is 19.2 Å². The lowest BCUT2D eigenvalue weighted by atomic mass is 10.0. The number of hydrogen-bond donors (Lipinski definition) is 3. The highest BCUT2D eigenvalue weighted by Crippen LogP contribution is 2.11. The number of rotatable bonds is 11. The third-order valence-electron chi connectivity index (χ3n) is 4.63. The van der Waals surface area contributed by atoms with Gasteiger partial charge in [-0.05, 0) is 44.2 Å². The second kappa shape index (κ2) is 10.6. The van der Waals surface area contributed by atoms with Gasteiger partial charge in [0.1, 0.15) is 17.4 Å². The zero-order valence-corrected chi connectivity index (χ0v) is 17.3. The van der Waals surface area contributed by atoms with Crippen molar-refractivity contribution >= 4 is 23.4 Å². The number of aryl methyl sites for hydroxylation is 1. The van der Waals surface area contributed by atoms with Crippen molar-refractivity contribution < 1.29 is 19.5 Å². The minimum absolute atomic E-state index is 0.170. The second-order valence-corrected chi connectivity index (χ2v) is 7.63. The summed E-state index contributed by atoms with van der Waals surface area (Å²) in [6.07, 6.45) is 4.65. The fraction of sp³-hybridized carbons (Fsp3) is 0.524. The van der Waals surface area contributed by atoms with E-state index in [1.807, 2.05) is 45.2 Å². The number of imidazole rings is 1. The van der Waals surface area contributed by atoms with Gasteiger partial charge in [0.2, 0.25) is 5.91 Å². The Labute approximate surface area is 170 Å². The molecule has 0 aliphatic heterocycles. The van der Waals surface area contributed by atoms with Gasteiger partial charge in [0.05, 0.1) is 5.69 Å². The maximum Gasteiger partial charge on any atom is 0.326 e. The first-order valence-corrected chi connectivity index (χ1v) is 10.0. The van der Waals surface area contributed by atoms with Crippen LogP contribution < -0.4 is 10.6 Å². The number of nitrogens with one attached hydrogen (secondary N) is 2. The monoisotopic (exact) mass is 402 g/mol. The van der Waals surface area contributed by atoms with Gasteiger partial charge in [-0.3, -0.25) is 14.0 Å². The fourth-order valence-corrected chi connectivity index (χ4v) is 3.22. The van der Waals surface area contributed by atoms with Gasteiger partial charge >= 0.3 is 5.97 Å². The molecule has 2 amide bonds. The summed E-state index contributed by atoms with van der Waals surface area (Å²) in [5.41, 5.74) is 1.95. The van der Waals surface area contributed by atoms with Crippen LogP contribution in [0.2, 0.25) is 0 Å². The Balaban J connectivity index is 1.69. The average molecular weight is 402 g/mol. The van der Waals surface area contributed by atoms with E-state index in [4.69, 9.17) is 5.11 Å². The summed E-state index contributed by atoms with van der Waals surface area (Å²) in [7, 11) is 0. The molecule has 0 aliphatic carbocycles. The molecule has 0 bridgehead atoms. The van der Waals surface area contributed by atoms with E-state index in [0.717, 1.165) is 18.5 Å². The smallest absolute Gasteiger partial charge is 0.326 e. The van der Waals surface area contributed by atoms with Gasteiger partial charge in [-0.2, -0.15) is 0 Å². The van der Waals surface area contributed by atoms with Crippen molar-refractivity contribution in [2.24, 2.45) is 5.92 Å². The van der Waals surface area contributed by atoms with Crippen molar-refractivity contribution in [3.8, 4) is 0 Å². The number of aromatic nitrogens is 2. The van der Waals surface area contributed by atoms with E-state index in [2.05, 4.69) is 15.6 Å². The first-order chi connectivity index (χ1) is 13.8. The van der Waals surface area contributed by atoms with Gasteiger partial charge in [0.25, 0.3) is 5.91 Å². The van der Waals surface area contributed by atoms with Gasteiger partial charge < -0.3 is 15.7 Å². The van der Waals surface area contributed by atoms with Crippen molar-refractivity contribution in [2.75, 3.05) is 6.54 Å². The van der Waals surface area contributed by atoms with Crippen LogP contribution >= 0.6 is 0 Å². The minimum atomic E-state index is -1.00. The maximum atomic E-state index is 12.5. The largest absolute Gasteiger partial charge is 0.480 e.